The molecule has 88 valence electrons. The molecule has 0 saturated carbocycles. The molecule has 1 aromatic heterocycles. The van der Waals surface area contributed by atoms with Crippen LogP contribution in [0, 0.1) is 0 Å². The van der Waals surface area contributed by atoms with Gasteiger partial charge in [-0.1, -0.05) is 45.5 Å². The molecule has 2 rings (SSSR count). The number of nitrogens with one attached hydrogen (secondary N) is 1. The van der Waals surface area contributed by atoms with Crippen molar-refractivity contribution < 1.29 is 4.79 Å². The number of aromatic nitrogens is 1. The Balaban J connectivity index is 1.99. The first-order valence-corrected chi connectivity index (χ1v) is 6.50. The number of hydrogen-bond donors (Lipinski definition) is 2. The van der Waals surface area contributed by atoms with Crippen LogP contribution in [0.2, 0.25) is 0 Å². The Morgan fingerprint density at radius 2 is 2.24 bits per heavy atom. The number of thiazole rings is 1. The molecule has 0 aliphatic heterocycles. The topological polar surface area (TPSA) is 68.0 Å². The van der Waals surface area contributed by atoms with E-state index in [4.69, 9.17) is 5.73 Å². The van der Waals surface area contributed by atoms with E-state index >= 15 is 0 Å². The summed E-state index contributed by atoms with van der Waals surface area (Å²) >= 11 is 4.60. The quantitative estimate of drug-likeness (QED) is 0.914. The van der Waals surface area contributed by atoms with Gasteiger partial charge in [0.2, 0.25) is 0 Å². The Bertz CT molecular complexity index is 541. The predicted octanol–water partition coefficient (Wildman–Crippen LogP) is 2.42. The molecular formula is C11H10BrN3OS. The first-order chi connectivity index (χ1) is 8.16. The highest BCUT2D eigenvalue weighted by atomic mass is 79.9. The fraction of sp³-hybridized carbons (Fsp3) is 0.0909. The molecule has 1 aromatic carbocycles. The molecule has 0 unspecified atom stereocenters. The molecule has 1 amide bonds. The van der Waals surface area contributed by atoms with Crippen LogP contribution in [0.4, 0.5) is 5.13 Å². The van der Waals surface area contributed by atoms with Crippen LogP contribution in [0.15, 0.2) is 34.9 Å². The fourth-order valence-electron chi connectivity index (χ4n) is 1.30. The van der Waals surface area contributed by atoms with Crippen molar-refractivity contribution in [2.24, 2.45) is 0 Å². The summed E-state index contributed by atoms with van der Waals surface area (Å²) in [5.41, 5.74) is 6.49. The number of rotatable bonds is 3. The Kier molecular flexibility index (Phi) is 3.75. The molecule has 17 heavy (non-hydrogen) atoms. The number of nitrogens with two attached hydrogens (primary N) is 1. The second kappa shape index (κ2) is 5.29. The van der Waals surface area contributed by atoms with Crippen LogP contribution in [0.3, 0.4) is 0 Å². The van der Waals surface area contributed by atoms with E-state index in [9.17, 15) is 4.79 Å². The lowest BCUT2D eigenvalue weighted by Gasteiger charge is -2.05. The fourth-order valence-corrected chi connectivity index (χ4v) is 2.32. The van der Waals surface area contributed by atoms with Gasteiger partial charge < -0.3 is 11.1 Å². The number of amides is 1. The van der Waals surface area contributed by atoms with E-state index in [1.807, 2.05) is 24.3 Å². The van der Waals surface area contributed by atoms with Gasteiger partial charge in [-0.25, -0.2) is 4.98 Å². The average Bonchev–Trinajstić information content (AvgIpc) is 2.74. The Labute approximate surface area is 111 Å². The Morgan fingerprint density at radius 3 is 2.88 bits per heavy atom. The number of nitrogens with zero attached hydrogens (tertiary/aromatic N) is 1. The van der Waals surface area contributed by atoms with Crippen molar-refractivity contribution in [1.82, 2.24) is 10.3 Å². The van der Waals surface area contributed by atoms with Gasteiger partial charge in [0, 0.05) is 11.0 Å². The van der Waals surface area contributed by atoms with Gasteiger partial charge in [-0.2, -0.15) is 0 Å². The zero-order valence-corrected chi connectivity index (χ0v) is 11.2. The number of hydrogen-bond acceptors (Lipinski definition) is 4. The van der Waals surface area contributed by atoms with Gasteiger partial charge in [-0.15, -0.1) is 0 Å². The summed E-state index contributed by atoms with van der Waals surface area (Å²) in [6.45, 7) is 0.470. The summed E-state index contributed by atoms with van der Waals surface area (Å²) in [4.78, 5) is 16.1. The smallest absolute Gasteiger partial charge is 0.263 e. The zero-order chi connectivity index (χ0) is 12.3. The molecule has 3 N–H and O–H groups in total. The first-order valence-electron chi connectivity index (χ1n) is 4.89. The molecule has 0 fully saturated rings. The number of carbonyl (C=O) groups is 1. The highest BCUT2D eigenvalue weighted by Gasteiger charge is 2.09. The second-order valence-electron chi connectivity index (χ2n) is 3.34. The molecule has 2 aromatic rings. The average molecular weight is 312 g/mol. The van der Waals surface area contributed by atoms with Crippen LogP contribution in [-0.4, -0.2) is 10.9 Å². The summed E-state index contributed by atoms with van der Waals surface area (Å²) in [7, 11) is 0. The normalized spacial score (nSPS) is 10.2. The second-order valence-corrected chi connectivity index (χ2v) is 5.25. The van der Waals surface area contributed by atoms with Crippen molar-refractivity contribution >= 4 is 38.3 Å². The molecule has 0 spiro atoms. The van der Waals surface area contributed by atoms with E-state index in [1.165, 1.54) is 17.5 Å². The minimum atomic E-state index is -0.157. The lowest BCUT2D eigenvalue weighted by atomic mass is 10.2. The van der Waals surface area contributed by atoms with Crippen LogP contribution in [0.25, 0.3) is 0 Å². The molecule has 0 atom stereocenters. The van der Waals surface area contributed by atoms with Gasteiger partial charge in [0.1, 0.15) is 4.88 Å². The molecule has 0 aliphatic carbocycles. The lowest BCUT2D eigenvalue weighted by Crippen LogP contribution is -2.21. The van der Waals surface area contributed by atoms with E-state index in [0.717, 1.165) is 10.0 Å². The van der Waals surface area contributed by atoms with E-state index in [1.54, 1.807) is 0 Å². The van der Waals surface area contributed by atoms with Crippen LogP contribution in [0.1, 0.15) is 15.2 Å². The summed E-state index contributed by atoms with van der Waals surface area (Å²) < 4.78 is 0.976. The molecule has 6 heteroatoms. The molecule has 0 bridgehead atoms. The number of halogens is 1. The number of carbonyl (C=O) groups excluding carboxylic acids is 1. The monoisotopic (exact) mass is 311 g/mol. The highest BCUT2D eigenvalue weighted by molar-refractivity contribution is 9.10. The maximum Gasteiger partial charge on any atom is 0.263 e. The van der Waals surface area contributed by atoms with Gasteiger partial charge in [-0.05, 0) is 11.6 Å². The number of benzene rings is 1. The lowest BCUT2D eigenvalue weighted by molar-refractivity contribution is 0.0954. The standard InChI is InChI=1S/C11H10BrN3OS/c12-8-4-2-1-3-7(8)5-14-10(16)9-6-15-11(13)17-9/h1-4,6H,5H2,(H2,13,15)(H,14,16). The van der Waals surface area contributed by atoms with E-state index < -0.39 is 0 Å². The van der Waals surface area contributed by atoms with Crippen molar-refractivity contribution in [3.8, 4) is 0 Å². The van der Waals surface area contributed by atoms with Gasteiger partial charge in [0.25, 0.3) is 5.91 Å². The van der Waals surface area contributed by atoms with E-state index in [2.05, 4.69) is 26.2 Å². The maximum absolute atomic E-state index is 11.7. The van der Waals surface area contributed by atoms with Crippen molar-refractivity contribution in [3.63, 3.8) is 0 Å². The zero-order valence-electron chi connectivity index (χ0n) is 8.81. The summed E-state index contributed by atoms with van der Waals surface area (Å²) in [5, 5.41) is 3.21. The van der Waals surface area contributed by atoms with Crippen LogP contribution in [-0.2, 0) is 6.54 Å². The molecule has 0 saturated heterocycles. The molecule has 1 heterocycles. The number of anilines is 1. The third kappa shape index (κ3) is 3.04. The van der Waals surface area contributed by atoms with Gasteiger partial charge in [0.15, 0.2) is 5.13 Å². The maximum atomic E-state index is 11.7. The van der Waals surface area contributed by atoms with Crippen molar-refractivity contribution in [1.29, 1.82) is 0 Å². The molecule has 4 nitrogen and oxygen atoms in total. The predicted molar refractivity (Wildman–Crippen MR) is 71.8 cm³/mol. The van der Waals surface area contributed by atoms with Gasteiger partial charge in [-0.3, -0.25) is 4.79 Å². The third-order valence-corrected chi connectivity index (χ3v) is 3.74. The van der Waals surface area contributed by atoms with Crippen molar-refractivity contribution in [2.45, 2.75) is 6.54 Å². The molecular weight excluding hydrogens is 302 g/mol. The minimum Gasteiger partial charge on any atom is -0.375 e. The largest absolute Gasteiger partial charge is 0.375 e. The summed E-state index contributed by atoms with van der Waals surface area (Å²) in [6, 6.07) is 7.74. The van der Waals surface area contributed by atoms with E-state index in [0.29, 0.717) is 16.6 Å². The minimum absolute atomic E-state index is 0.157. The van der Waals surface area contributed by atoms with Crippen molar-refractivity contribution in [3.05, 3.63) is 45.4 Å². The van der Waals surface area contributed by atoms with Crippen LogP contribution >= 0.6 is 27.3 Å². The molecule has 0 aliphatic rings. The van der Waals surface area contributed by atoms with Crippen LogP contribution < -0.4 is 11.1 Å². The van der Waals surface area contributed by atoms with Crippen LogP contribution in [0.5, 0.6) is 0 Å². The highest BCUT2D eigenvalue weighted by Crippen LogP contribution is 2.17. The molecule has 0 radical (unpaired) electrons. The van der Waals surface area contributed by atoms with Gasteiger partial charge in [0.05, 0.1) is 6.20 Å². The Hall–Kier alpha value is -1.40. The number of nitrogen functional groups attached to an aromatic ring is 1. The first kappa shape index (κ1) is 12.1. The van der Waals surface area contributed by atoms with Gasteiger partial charge >= 0.3 is 0 Å². The van der Waals surface area contributed by atoms with E-state index in [-0.39, 0.29) is 5.91 Å². The van der Waals surface area contributed by atoms with Crippen molar-refractivity contribution in [2.75, 3.05) is 5.73 Å². The summed E-state index contributed by atoms with van der Waals surface area (Å²) in [5.74, 6) is -0.157. The Morgan fingerprint density at radius 1 is 1.47 bits per heavy atom. The summed E-state index contributed by atoms with van der Waals surface area (Å²) in [6.07, 6.45) is 1.48. The SMILES string of the molecule is Nc1ncc(C(=O)NCc2ccccc2Br)s1. The third-order valence-electron chi connectivity index (χ3n) is 2.14.